The van der Waals surface area contributed by atoms with E-state index in [-0.39, 0.29) is 5.56 Å². The summed E-state index contributed by atoms with van der Waals surface area (Å²) in [4.78, 5) is 15.4. The second kappa shape index (κ2) is 8.78. The van der Waals surface area contributed by atoms with E-state index in [1.54, 1.807) is 0 Å². The summed E-state index contributed by atoms with van der Waals surface area (Å²) in [5.41, 5.74) is -3.36. The number of alkyl halides is 6. The first-order chi connectivity index (χ1) is 13.8. The third-order valence-corrected chi connectivity index (χ3v) is 4.01. The number of imidazole rings is 1. The molecule has 0 bridgehead atoms. The van der Waals surface area contributed by atoms with Gasteiger partial charge in [-0.2, -0.15) is 13.2 Å². The Morgan fingerprint density at radius 1 is 1.23 bits per heavy atom. The standard InChI is InChI=1S/C18H17F6N3O3/c1-27-11-10-26-15(27)16(29,17(19,20)21)8-9-25-14(28)7-6-12-4-2-3-5-13(12)30-18(22,23)24/h2-7,10-11,29H,8-9H2,1H3,(H,25,28)/b7-6+. The molecule has 1 aromatic carbocycles. The van der Waals surface area contributed by atoms with Crippen molar-refractivity contribution >= 4 is 12.0 Å². The van der Waals surface area contributed by atoms with Crippen molar-refractivity contribution in [3.05, 3.63) is 54.1 Å². The van der Waals surface area contributed by atoms with Gasteiger partial charge in [0, 0.05) is 44.0 Å². The van der Waals surface area contributed by atoms with Gasteiger partial charge in [0.05, 0.1) is 0 Å². The Morgan fingerprint density at radius 2 is 1.90 bits per heavy atom. The number of halogens is 6. The molecule has 0 aliphatic heterocycles. The highest BCUT2D eigenvalue weighted by molar-refractivity contribution is 5.92. The van der Waals surface area contributed by atoms with Gasteiger partial charge in [-0.15, -0.1) is 13.2 Å². The number of nitrogens with zero attached hydrogens (tertiary/aromatic N) is 2. The molecule has 0 saturated heterocycles. The zero-order chi connectivity index (χ0) is 22.6. The number of carbonyl (C=O) groups excluding carboxylic acids is 1. The quantitative estimate of drug-likeness (QED) is 0.515. The van der Waals surface area contributed by atoms with Crippen LogP contribution in [0.2, 0.25) is 0 Å². The number of hydrogen-bond acceptors (Lipinski definition) is 4. The summed E-state index contributed by atoms with van der Waals surface area (Å²) in [7, 11) is 1.28. The van der Waals surface area contributed by atoms with E-state index in [0.717, 1.165) is 29.0 Å². The highest BCUT2D eigenvalue weighted by Gasteiger charge is 2.57. The van der Waals surface area contributed by atoms with Crippen molar-refractivity contribution in [3.8, 4) is 5.75 Å². The summed E-state index contributed by atoms with van der Waals surface area (Å²) in [5.74, 6) is -2.06. The van der Waals surface area contributed by atoms with Crippen molar-refractivity contribution in [2.75, 3.05) is 6.54 Å². The van der Waals surface area contributed by atoms with Crippen molar-refractivity contribution in [1.29, 1.82) is 0 Å². The number of ether oxygens (including phenoxy) is 1. The van der Waals surface area contributed by atoms with E-state index in [0.29, 0.717) is 0 Å². The van der Waals surface area contributed by atoms with Crippen LogP contribution >= 0.6 is 0 Å². The van der Waals surface area contributed by atoms with E-state index < -0.39 is 48.6 Å². The molecule has 0 radical (unpaired) electrons. The van der Waals surface area contributed by atoms with Gasteiger partial charge < -0.3 is 19.7 Å². The average molecular weight is 437 g/mol. The zero-order valence-electron chi connectivity index (χ0n) is 15.5. The number of hydrogen-bond donors (Lipinski definition) is 2. The molecule has 1 unspecified atom stereocenters. The van der Waals surface area contributed by atoms with Crippen LogP contribution in [-0.2, 0) is 17.4 Å². The molecule has 1 atom stereocenters. The van der Waals surface area contributed by atoms with E-state index in [2.05, 4.69) is 15.0 Å². The van der Waals surface area contributed by atoms with Crippen LogP contribution in [0.3, 0.4) is 0 Å². The maximum Gasteiger partial charge on any atom is 0.573 e. The van der Waals surface area contributed by atoms with Crippen molar-refractivity contribution in [1.82, 2.24) is 14.9 Å². The molecule has 0 saturated carbocycles. The number of amides is 1. The fraction of sp³-hybridized carbons (Fsp3) is 0.333. The van der Waals surface area contributed by atoms with Crippen LogP contribution in [0, 0.1) is 0 Å². The number of nitrogens with one attached hydrogen (secondary N) is 1. The SMILES string of the molecule is Cn1ccnc1C(O)(CCNC(=O)/C=C/c1ccccc1OC(F)(F)F)C(F)(F)F. The summed E-state index contributed by atoms with van der Waals surface area (Å²) in [6, 6.07) is 5.01. The molecule has 0 spiro atoms. The molecule has 1 heterocycles. The summed E-state index contributed by atoms with van der Waals surface area (Å²) >= 11 is 0. The molecular weight excluding hydrogens is 420 g/mol. The third-order valence-electron chi connectivity index (χ3n) is 4.01. The summed E-state index contributed by atoms with van der Waals surface area (Å²) in [6.45, 7) is -0.577. The maximum absolute atomic E-state index is 13.4. The Labute approximate surface area is 166 Å². The lowest BCUT2D eigenvalue weighted by molar-refractivity contribution is -0.274. The molecule has 0 aliphatic carbocycles. The minimum absolute atomic E-state index is 0.0650. The van der Waals surface area contributed by atoms with Gasteiger partial charge in [0.1, 0.15) is 11.6 Å². The van der Waals surface area contributed by atoms with Gasteiger partial charge in [-0.3, -0.25) is 4.79 Å². The van der Waals surface area contributed by atoms with E-state index in [9.17, 15) is 36.2 Å². The molecular formula is C18H17F6N3O3. The monoisotopic (exact) mass is 437 g/mol. The number of rotatable bonds is 7. The molecule has 2 aromatic rings. The van der Waals surface area contributed by atoms with Gasteiger partial charge in [-0.25, -0.2) is 4.98 Å². The zero-order valence-corrected chi connectivity index (χ0v) is 15.5. The number of aromatic nitrogens is 2. The molecule has 2 rings (SSSR count). The summed E-state index contributed by atoms with van der Waals surface area (Å²) < 4.78 is 82.2. The molecule has 2 N–H and O–H groups in total. The Hall–Kier alpha value is -3.02. The first-order valence-corrected chi connectivity index (χ1v) is 8.41. The number of aliphatic hydroxyl groups is 1. The Bertz CT molecular complexity index is 907. The number of para-hydroxylation sites is 1. The largest absolute Gasteiger partial charge is 0.573 e. The topological polar surface area (TPSA) is 76.4 Å². The molecule has 6 nitrogen and oxygen atoms in total. The molecule has 0 fully saturated rings. The van der Waals surface area contributed by atoms with E-state index >= 15 is 0 Å². The van der Waals surface area contributed by atoms with Crippen molar-refractivity contribution < 1.29 is 41.0 Å². The van der Waals surface area contributed by atoms with Crippen LogP contribution in [0.1, 0.15) is 17.8 Å². The lowest BCUT2D eigenvalue weighted by Gasteiger charge is -2.29. The average Bonchev–Trinajstić information content (AvgIpc) is 3.05. The van der Waals surface area contributed by atoms with Crippen LogP contribution in [0.15, 0.2) is 42.7 Å². The van der Waals surface area contributed by atoms with E-state index in [1.165, 1.54) is 31.4 Å². The Kier molecular flexibility index (Phi) is 6.80. The Balaban J connectivity index is 2.04. The van der Waals surface area contributed by atoms with Gasteiger partial charge >= 0.3 is 12.5 Å². The number of aryl methyl sites for hydroxylation is 1. The highest BCUT2D eigenvalue weighted by Crippen LogP contribution is 2.40. The maximum atomic E-state index is 13.4. The van der Waals surface area contributed by atoms with Crippen molar-refractivity contribution in [2.24, 2.45) is 7.05 Å². The van der Waals surface area contributed by atoms with Crippen LogP contribution in [-0.4, -0.2) is 39.6 Å². The predicted octanol–water partition coefficient (Wildman–Crippen LogP) is 3.29. The summed E-state index contributed by atoms with van der Waals surface area (Å²) in [5, 5.41) is 12.3. The lowest BCUT2D eigenvalue weighted by atomic mass is 9.97. The molecule has 0 aliphatic rings. The molecule has 1 aromatic heterocycles. The minimum atomic E-state index is -5.06. The molecule has 12 heteroatoms. The van der Waals surface area contributed by atoms with Gasteiger partial charge in [0.25, 0.3) is 0 Å². The first kappa shape index (κ1) is 23.3. The van der Waals surface area contributed by atoms with Gasteiger partial charge in [-0.1, -0.05) is 18.2 Å². The lowest BCUT2D eigenvalue weighted by Crippen LogP contribution is -2.46. The smallest absolute Gasteiger partial charge is 0.405 e. The molecule has 164 valence electrons. The number of benzene rings is 1. The fourth-order valence-electron chi connectivity index (χ4n) is 2.57. The summed E-state index contributed by atoms with van der Waals surface area (Å²) in [6.07, 6.45) is -6.73. The van der Waals surface area contributed by atoms with E-state index in [4.69, 9.17) is 0 Å². The normalized spacial score (nSPS) is 14.5. The van der Waals surface area contributed by atoms with Crippen LogP contribution in [0.5, 0.6) is 5.75 Å². The van der Waals surface area contributed by atoms with Gasteiger partial charge in [-0.05, 0) is 12.1 Å². The van der Waals surface area contributed by atoms with Crippen molar-refractivity contribution in [3.63, 3.8) is 0 Å². The van der Waals surface area contributed by atoms with Gasteiger partial charge in [0.2, 0.25) is 11.5 Å². The second-order valence-corrected chi connectivity index (χ2v) is 6.18. The fourth-order valence-corrected chi connectivity index (χ4v) is 2.57. The number of carbonyl (C=O) groups is 1. The second-order valence-electron chi connectivity index (χ2n) is 6.18. The first-order valence-electron chi connectivity index (χ1n) is 8.41. The molecule has 1 amide bonds. The van der Waals surface area contributed by atoms with Crippen molar-refractivity contribution in [2.45, 2.75) is 24.6 Å². The Morgan fingerprint density at radius 3 is 2.47 bits per heavy atom. The van der Waals surface area contributed by atoms with Gasteiger partial charge in [0.15, 0.2) is 0 Å². The molecule has 30 heavy (non-hydrogen) atoms. The predicted molar refractivity (Wildman–Crippen MR) is 92.9 cm³/mol. The van der Waals surface area contributed by atoms with E-state index in [1.807, 2.05) is 0 Å². The van der Waals surface area contributed by atoms with Crippen LogP contribution < -0.4 is 10.1 Å². The third kappa shape index (κ3) is 5.75. The van der Waals surface area contributed by atoms with Crippen LogP contribution in [0.4, 0.5) is 26.3 Å². The van der Waals surface area contributed by atoms with Crippen LogP contribution in [0.25, 0.3) is 6.08 Å². The highest BCUT2D eigenvalue weighted by atomic mass is 19.4. The minimum Gasteiger partial charge on any atom is -0.405 e.